The van der Waals surface area contributed by atoms with Crippen LogP contribution >= 0.6 is 0 Å². The molecule has 1 heterocycles. The maximum atomic E-state index is 12.8. The van der Waals surface area contributed by atoms with Crippen molar-refractivity contribution in [3.63, 3.8) is 0 Å². The first-order valence-electron chi connectivity index (χ1n) is 5.90. The van der Waals surface area contributed by atoms with Crippen LogP contribution in [-0.2, 0) is 6.42 Å². The molecular weight excluding hydrogens is 264 g/mol. The van der Waals surface area contributed by atoms with Gasteiger partial charge in [0, 0.05) is 19.0 Å². The molecule has 1 aromatic heterocycles. The number of aryl methyl sites for hydroxylation is 1. The highest BCUT2D eigenvalue weighted by Gasteiger charge is 2.40. The van der Waals surface area contributed by atoms with Gasteiger partial charge in [-0.2, -0.15) is 8.78 Å². The Morgan fingerprint density at radius 3 is 2.21 bits per heavy atom. The molecule has 0 aromatic carbocycles. The molecule has 1 rings (SSSR count). The third-order valence-electron chi connectivity index (χ3n) is 2.27. The molecule has 0 saturated carbocycles. The van der Waals surface area contributed by atoms with Crippen LogP contribution < -0.4 is 10.6 Å². The molecule has 0 unspecified atom stereocenters. The van der Waals surface area contributed by atoms with Crippen molar-refractivity contribution in [2.75, 3.05) is 23.7 Å². The first-order chi connectivity index (χ1) is 8.89. The number of nitrogens with one attached hydrogen (secondary N) is 2. The maximum absolute atomic E-state index is 12.8. The molecule has 0 fully saturated rings. The van der Waals surface area contributed by atoms with Crippen molar-refractivity contribution in [1.82, 2.24) is 9.97 Å². The predicted octanol–water partition coefficient (Wildman–Crippen LogP) is 2.78. The lowest BCUT2D eigenvalue weighted by Crippen LogP contribution is -2.35. The molecule has 19 heavy (non-hydrogen) atoms. The molecule has 1 aromatic rings. The Kier molecular flexibility index (Phi) is 5.31. The Bertz CT molecular complexity index is 412. The second-order valence-electron chi connectivity index (χ2n) is 3.85. The van der Waals surface area contributed by atoms with Crippen molar-refractivity contribution in [3.8, 4) is 0 Å². The average Bonchev–Trinajstić information content (AvgIpc) is 2.36. The molecule has 0 aliphatic heterocycles. The van der Waals surface area contributed by atoms with Crippen molar-refractivity contribution in [2.24, 2.45) is 0 Å². The van der Waals surface area contributed by atoms with Gasteiger partial charge >= 0.3 is 12.3 Å². The maximum Gasteiger partial charge on any atom is 0.324 e. The number of aromatic nitrogens is 2. The van der Waals surface area contributed by atoms with Gasteiger partial charge in [-0.1, -0.05) is 6.92 Å². The molecule has 0 saturated heterocycles. The van der Waals surface area contributed by atoms with Crippen LogP contribution in [0.5, 0.6) is 0 Å². The zero-order valence-electron chi connectivity index (χ0n) is 10.7. The van der Waals surface area contributed by atoms with E-state index in [-0.39, 0.29) is 5.82 Å². The molecule has 8 heteroatoms. The topological polar surface area (TPSA) is 49.8 Å². The third kappa shape index (κ3) is 4.53. The van der Waals surface area contributed by atoms with Crippen LogP contribution in [0.3, 0.4) is 0 Å². The van der Waals surface area contributed by atoms with Crippen LogP contribution in [0.1, 0.15) is 19.7 Å². The van der Waals surface area contributed by atoms with E-state index < -0.39 is 18.9 Å². The fourth-order valence-electron chi connectivity index (χ4n) is 1.30. The minimum absolute atomic E-state index is 0.100. The fraction of sp³-hybridized carbons (Fsp3) is 0.636. The Labute approximate surface area is 108 Å². The molecule has 2 N–H and O–H groups in total. The van der Waals surface area contributed by atoms with E-state index in [2.05, 4.69) is 20.6 Å². The summed E-state index contributed by atoms with van der Waals surface area (Å²) in [5.41, 5.74) is 0. The number of hydrogen-bond donors (Lipinski definition) is 2. The third-order valence-corrected chi connectivity index (χ3v) is 2.27. The van der Waals surface area contributed by atoms with Gasteiger partial charge in [0.25, 0.3) is 0 Å². The fourth-order valence-corrected chi connectivity index (χ4v) is 1.30. The summed E-state index contributed by atoms with van der Waals surface area (Å²) in [5, 5.41) is 5.13. The lowest BCUT2D eigenvalue weighted by Gasteiger charge is -2.16. The smallest absolute Gasteiger partial charge is 0.324 e. The summed E-state index contributed by atoms with van der Waals surface area (Å²) >= 11 is 0. The van der Waals surface area contributed by atoms with Crippen molar-refractivity contribution >= 4 is 11.6 Å². The molecule has 0 atom stereocenters. The summed E-state index contributed by atoms with van der Waals surface area (Å²) in [6.07, 6.45) is -3.19. The van der Waals surface area contributed by atoms with Crippen molar-refractivity contribution in [1.29, 1.82) is 0 Å². The van der Waals surface area contributed by atoms with Gasteiger partial charge in [0.1, 0.15) is 17.5 Å². The number of nitrogens with zero attached hydrogens (tertiary/aromatic N) is 2. The summed E-state index contributed by atoms with van der Waals surface area (Å²) in [6, 6.07) is 1.41. The van der Waals surface area contributed by atoms with E-state index in [4.69, 9.17) is 0 Å². The highest BCUT2D eigenvalue weighted by Crippen LogP contribution is 2.23. The van der Waals surface area contributed by atoms with E-state index in [1.807, 2.05) is 13.8 Å². The minimum atomic E-state index is -4.09. The van der Waals surface area contributed by atoms with Crippen LogP contribution in [-0.4, -0.2) is 35.4 Å². The second kappa shape index (κ2) is 6.53. The summed E-state index contributed by atoms with van der Waals surface area (Å²) in [4.78, 5) is 8.08. The van der Waals surface area contributed by atoms with E-state index in [1.54, 1.807) is 0 Å². The van der Waals surface area contributed by atoms with Gasteiger partial charge in [0.05, 0.1) is 6.54 Å². The first kappa shape index (κ1) is 15.5. The summed E-state index contributed by atoms with van der Waals surface area (Å²) in [7, 11) is 0. The first-order valence-corrected chi connectivity index (χ1v) is 5.90. The Balaban J connectivity index is 2.80. The summed E-state index contributed by atoms with van der Waals surface area (Å²) < 4.78 is 49.6. The molecule has 0 aliphatic carbocycles. The SMILES string of the molecule is CCNc1cc(NCC(F)(F)C(F)F)nc(CC)n1. The Morgan fingerprint density at radius 2 is 1.74 bits per heavy atom. The summed E-state index contributed by atoms with van der Waals surface area (Å²) in [6.45, 7) is 3.09. The van der Waals surface area contributed by atoms with E-state index in [9.17, 15) is 17.6 Å². The largest absolute Gasteiger partial charge is 0.370 e. The van der Waals surface area contributed by atoms with Crippen LogP contribution in [0.4, 0.5) is 29.2 Å². The van der Waals surface area contributed by atoms with Crippen LogP contribution in [0.2, 0.25) is 0 Å². The second-order valence-corrected chi connectivity index (χ2v) is 3.85. The van der Waals surface area contributed by atoms with E-state index in [1.165, 1.54) is 6.07 Å². The number of halogens is 4. The van der Waals surface area contributed by atoms with Gasteiger partial charge in [0.2, 0.25) is 0 Å². The standard InChI is InChI=1S/C11H16F4N4/c1-3-7-18-8(16-4-2)5-9(19-7)17-6-11(14,15)10(12)13/h5,10H,3-4,6H2,1-2H3,(H2,16,17,18,19). The van der Waals surface area contributed by atoms with E-state index >= 15 is 0 Å². The molecule has 0 radical (unpaired) electrons. The lowest BCUT2D eigenvalue weighted by atomic mass is 10.3. The normalized spacial score (nSPS) is 11.7. The highest BCUT2D eigenvalue weighted by molar-refractivity contribution is 5.47. The summed E-state index contributed by atoms with van der Waals surface area (Å²) in [5.74, 6) is -3.07. The molecule has 0 spiro atoms. The number of alkyl halides is 4. The molecule has 108 valence electrons. The number of rotatable bonds is 7. The van der Waals surface area contributed by atoms with Gasteiger partial charge in [-0.15, -0.1) is 0 Å². The van der Waals surface area contributed by atoms with Gasteiger partial charge in [-0.05, 0) is 6.92 Å². The van der Waals surface area contributed by atoms with Gasteiger partial charge in [-0.25, -0.2) is 18.7 Å². The van der Waals surface area contributed by atoms with E-state index in [0.29, 0.717) is 24.6 Å². The molecular formula is C11H16F4N4. The van der Waals surface area contributed by atoms with Crippen LogP contribution in [0, 0.1) is 0 Å². The lowest BCUT2D eigenvalue weighted by molar-refractivity contribution is -0.117. The average molecular weight is 280 g/mol. The van der Waals surface area contributed by atoms with Gasteiger partial charge in [0.15, 0.2) is 0 Å². The molecule has 0 aliphatic rings. The monoisotopic (exact) mass is 280 g/mol. The van der Waals surface area contributed by atoms with E-state index in [0.717, 1.165) is 0 Å². The minimum Gasteiger partial charge on any atom is -0.370 e. The van der Waals surface area contributed by atoms with Crippen molar-refractivity contribution in [3.05, 3.63) is 11.9 Å². The molecule has 4 nitrogen and oxygen atoms in total. The van der Waals surface area contributed by atoms with Crippen molar-refractivity contribution < 1.29 is 17.6 Å². The zero-order valence-corrected chi connectivity index (χ0v) is 10.7. The van der Waals surface area contributed by atoms with Crippen LogP contribution in [0.15, 0.2) is 6.07 Å². The van der Waals surface area contributed by atoms with Crippen molar-refractivity contribution in [2.45, 2.75) is 32.6 Å². The molecule has 0 bridgehead atoms. The van der Waals surface area contributed by atoms with Gasteiger partial charge < -0.3 is 10.6 Å². The quantitative estimate of drug-likeness (QED) is 0.754. The highest BCUT2D eigenvalue weighted by atomic mass is 19.3. The Hall–Kier alpha value is -1.60. The zero-order chi connectivity index (χ0) is 14.5. The van der Waals surface area contributed by atoms with Crippen LogP contribution in [0.25, 0.3) is 0 Å². The number of anilines is 2. The van der Waals surface area contributed by atoms with Gasteiger partial charge in [-0.3, -0.25) is 0 Å². The predicted molar refractivity (Wildman–Crippen MR) is 65.0 cm³/mol. The Morgan fingerprint density at radius 1 is 1.16 bits per heavy atom. The number of hydrogen-bond acceptors (Lipinski definition) is 4. The molecule has 0 amide bonds.